The standard InChI is InChI=1S/C18H26N2O3S3/c1-18(2,3)23-17(22)20-9-8-13(12-20)16(21)19-14-4-6-15(7-5-14)26-25-11-10-24/h4-7,13,24H,8-12H2,1-3H3,(H,19,21). The van der Waals surface area contributed by atoms with Gasteiger partial charge in [-0.3, -0.25) is 4.79 Å². The van der Waals surface area contributed by atoms with Gasteiger partial charge in [0.15, 0.2) is 0 Å². The maximum absolute atomic E-state index is 12.5. The van der Waals surface area contributed by atoms with E-state index >= 15 is 0 Å². The van der Waals surface area contributed by atoms with E-state index in [-0.39, 0.29) is 17.9 Å². The topological polar surface area (TPSA) is 58.6 Å². The highest BCUT2D eigenvalue weighted by molar-refractivity contribution is 8.76. The smallest absolute Gasteiger partial charge is 0.410 e. The number of benzene rings is 1. The van der Waals surface area contributed by atoms with Crippen molar-refractivity contribution in [2.75, 3.05) is 29.9 Å². The number of anilines is 1. The highest BCUT2D eigenvalue weighted by atomic mass is 33.1. The monoisotopic (exact) mass is 414 g/mol. The van der Waals surface area contributed by atoms with E-state index in [1.165, 1.54) is 0 Å². The van der Waals surface area contributed by atoms with Crippen molar-refractivity contribution in [2.45, 2.75) is 37.7 Å². The summed E-state index contributed by atoms with van der Waals surface area (Å²) in [7, 11) is 3.46. The Morgan fingerprint density at radius 1 is 1.31 bits per heavy atom. The van der Waals surface area contributed by atoms with Crippen LogP contribution in [0.1, 0.15) is 27.2 Å². The van der Waals surface area contributed by atoms with Crippen LogP contribution in [0.3, 0.4) is 0 Å². The van der Waals surface area contributed by atoms with Gasteiger partial charge in [0, 0.05) is 35.2 Å². The fourth-order valence-corrected chi connectivity index (χ4v) is 4.88. The van der Waals surface area contributed by atoms with Gasteiger partial charge in [0.25, 0.3) is 0 Å². The van der Waals surface area contributed by atoms with Crippen LogP contribution in [-0.4, -0.2) is 47.1 Å². The van der Waals surface area contributed by atoms with Crippen LogP contribution < -0.4 is 5.32 Å². The van der Waals surface area contributed by atoms with Crippen LogP contribution in [0.25, 0.3) is 0 Å². The van der Waals surface area contributed by atoms with Gasteiger partial charge in [-0.2, -0.15) is 12.6 Å². The van der Waals surface area contributed by atoms with Gasteiger partial charge < -0.3 is 15.0 Å². The highest BCUT2D eigenvalue weighted by Gasteiger charge is 2.33. The molecule has 1 aliphatic rings. The van der Waals surface area contributed by atoms with E-state index in [1.807, 2.05) is 45.0 Å². The molecule has 2 amide bonds. The zero-order valence-corrected chi connectivity index (χ0v) is 17.9. The number of hydrogen-bond acceptors (Lipinski definition) is 6. The quantitative estimate of drug-likeness (QED) is 0.406. The second-order valence-corrected chi connectivity index (χ2v) is 9.99. The van der Waals surface area contributed by atoms with Gasteiger partial charge in [-0.15, -0.1) is 0 Å². The Hall–Kier alpha value is -0.990. The van der Waals surface area contributed by atoms with E-state index in [4.69, 9.17) is 4.74 Å². The molecule has 1 fully saturated rings. The van der Waals surface area contributed by atoms with Crippen LogP contribution >= 0.6 is 34.2 Å². The average molecular weight is 415 g/mol. The summed E-state index contributed by atoms with van der Waals surface area (Å²) in [5.41, 5.74) is 0.247. The number of carbonyl (C=O) groups excluding carboxylic acids is 2. The van der Waals surface area contributed by atoms with E-state index in [0.29, 0.717) is 19.5 Å². The van der Waals surface area contributed by atoms with E-state index in [9.17, 15) is 9.59 Å². The van der Waals surface area contributed by atoms with E-state index in [0.717, 1.165) is 22.1 Å². The van der Waals surface area contributed by atoms with Gasteiger partial charge >= 0.3 is 6.09 Å². The van der Waals surface area contributed by atoms with Crippen molar-refractivity contribution < 1.29 is 14.3 Å². The second-order valence-electron chi connectivity index (χ2n) is 7.05. The molecule has 0 saturated carbocycles. The van der Waals surface area contributed by atoms with Crippen molar-refractivity contribution in [3.05, 3.63) is 24.3 Å². The molecule has 8 heteroatoms. The number of thiol groups is 1. The number of carbonyl (C=O) groups is 2. The van der Waals surface area contributed by atoms with E-state index in [2.05, 4.69) is 17.9 Å². The molecule has 0 spiro atoms. The molecule has 0 bridgehead atoms. The van der Waals surface area contributed by atoms with Crippen molar-refractivity contribution in [3.63, 3.8) is 0 Å². The van der Waals surface area contributed by atoms with Crippen molar-refractivity contribution in [2.24, 2.45) is 5.92 Å². The molecule has 1 aliphatic heterocycles. The van der Waals surface area contributed by atoms with Gasteiger partial charge in [-0.05, 0) is 51.5 Å². The van der Waals surface area contributed by atoms with Gasteiger partial charge in [0.1, 0.15) is 5.60 Å². The van der Waals surface area contributed by atoms with Gasteiger partial charge in [0.05, 0.1) is 5.92 Å². The zero-order valence-electron chi connectivity index (χ0n) is 15.4. The molecule has 1 N–H and O–H groups in total. The molecule has 26 heavy (non-hydrogen) atoms. The number of hydrogen-bond donors (Lipinski definition) is 2. The molecular formula is C18H26N2O3S3. The van der Waals surface area contributed by atoms with E-state index < -0.39 is 5.60 Å². The van der Waals surface area contributed by atoms with Crippen molar-refractivity contribution in [1.82, 2.24) is 4.90 Å². The number of nitrogens with zero attached hydrogens (tertiary/aromatic N) is 1. The predicted octanol–water partition coefficient (Wildman–Crippen LogP) is 4.55. The Bertz CT molecular complexity index is 617. The number of ether oxygens (including phenoxy) is 1. The molecule has 0 aromatic heterocycles. The summed E-state index contributed by atoms with van der Waals surface area (Å²) in [5.74, 6) is 1.58. The summed E-state index contributed by atoms with van der Waals surface area (Å²) in [6.07, 6.45) is 0.298. The summed E-state index contributed by atoms with van der Waals surface area (Å²) < 4.78 is 5.37. The lowest BCUT2D eigenvalue weighted by Gasteiger charge is -2.24. The maximum atomic E-state index is 12.5. The first-order valence-electron chi connectivity index (χ1n) is 8.57. The highest BCUT2D eigenvalue weighted by Crippen LogP contribution is 2.31. The summed E-state index contributed by atoms with van der Waals surface area (Å²) in [5, 5.41) is 2.94. The molecule has 1 aromatic carbocycles. The maximum Gasteiger partial charge on any atom is 0.410 e. The SMILES string of the molecule is CC(C)(C)OC(=O)N1CCC(C(=O)Nc2ccc(SSCCS)cc2)C1. The van der Waals surface area contributed by atoms with Crippen LogP contribution in [0.15, 0.2) is 29.2 Å². The van der Waals surface area contributed by atoms with Crippen LogP contribution in [0.5, 0.6) is 0 Å². The molecule has 1 saturated heterocycles. The van der Waals surface area contributed by atoms with Crippen molar-refractivity contribution in [1.29, 1.82) is 0 Å². The first kappa shape index (κ1) is 21.3. The van der Waals surface area contributed by atoms with Crippen LogP contribution in [-0.2, 0) is 9.53 Å². The Morgan fingerprint density at radius 2 is 2.00 bits per heavy atom. The number of likely N-dealkylation sites (tertiary alicyclic amines) is 1. The lowest BCUT2D eigenvalue weighted by Crippen LogP contribution is -2.36. The Morgan fingerprint density at radius 3 is 2.62 bits per heavy atom. The van der Waals surface area contributed by atoms with Crippen molar-refractivity contribution in [3.8, 4) is 0 Å². The van der Waals surface area contributed by atoms with Crippen LogP contribution in [0.4, 0.5) is 10.5 Å². The number of nitrogens with one attached hydrogen (secondary N) is 1. The third-order valence-corrected chi connectivity index (χ3v) is 6.57. The normalized spacial score (nSPS) is 17.2. The van der Waals surface area contributed by atoms with Crippen molar-refractivity contribution >= 4 is 51.9 Å². The van der Waals surface area contributed by atoms with Crippen LogP contribution in [0.2, 0.25) is 0 Å². The lowest BCUT2D eigenvalue weighted by molar-refractivity contribution is -0.119. The molecule has 1 aromatic rings. The third kappa shape index (κ3) is 6.96. The minimum atomic E-state index is -0.525. The molecule has 1 heterocycles. The molecule has 144 valence electrons. The molecule has 1 unspecified atom stereocenters. The fourth-order valence-electron chi connectivity index (χ4n) is 2.45. The molecule has 0 aliphatic carbocycles. The zero-order chi connectivity index (χ0) is 19.2. The second kappa shape index (κ2) is 9.80. The molecule has 1 atom stereocenters. The summed E-state index contributed by atoms with van der Waals surface area (Å²) in [6, 6.07) is 7.80. The largest absolute Gasteiger partial charge is 0.444 e. The fraction of sp³-hybridized carbons (Fsp3) is 0.556. The number of amides is 2. The summed E-state index contributed by atoms with van der Waals surface area (Å²) >= 11 is 4.19. The van der Waals surface area contributed by atoms with Gasteiger partial charge in [-0.1, -0.05) is 21.6 Å². The minimum Gasteiger partial charge on any atom is -0.444 e. The predicted molar refractivity (Wildman–Crippen MR) is 113 cm³/mol. The van der Waals surface area contributed by atoms with E-state index in [1.54, 1.807) is 26.5 Å². The Labute approximate surface area is 168 Å². The summed E-state index contributed by atoms with van der Waals surface area (Å²) in [4.78, 5) is 27.3. The molecule has 2 rings (SSSR count). The van der Waals surface area contributed by atoms with Crippen LogP contribution in [0, 0.1) is 5.92 Å². The first-order valence-corrected chi connectivity index (χ1v) is 11.5. The van der Waals surface area contributed by atoms with Gasteiger partial charge in [-0.25, -0.2) is 4.79 Å². The Balaban J connectivity index is 1.82. The average Bonchev–Trinajstić information content (AvgIpc) is 3.05. The molecule has 5 nitrogen and oxygen atoms in total. The number of rotatable bonds is 6. The summed E-state index contributed by atoms with van der Waals surface area (Å²) in [6.45, 7) is 6.46. The lowest BCUT2D eigenvalue weighted by atomic mass is 10.1. The minimum absolute atomic E-state index is 0.0547. The Kier molecular flexibility index (Phi) is 8.04. The third-order valence-electron chi connectivity index (χ3n) is 3.66. The van der Waals surface area contributed by atoms with Gasteiger partial charge in [0.2, 0.25) is 5.91 Å². The first-order chi connectivity index (χ1) is 12.3. The molecular weight excluding hydrogens is 388 g/mol. The molecule has 0 radical (unpaired) electrons.